The van der Waals surface area contributed by atoms with E-state index in [0.29, 0.717) is 12.3 Å². The number of nitrogens with two attached hydrogens (primary N) is 1. The molecule has 3 heteroatoms. The predicted molar refractivity (Wildman–Crippen MR) is 81.1 cm³/mol. The molecule has 1 aromatic carbocycles. The maximum absolute atomic E-state index is 7.93. The van der Waals surface area contributed by atoms with Crippen LogP contribution in [0, 0.1) is 5.41 Å². The van der Waals surface area contributed by atoms with Gasteiger partial charge >= 0.3 is 0 Å². The Kier molecular flexibility index (Phi) is 4.53. The van der Waals surface area contributed by atoms with E-state index in [4.69, 9.17) is 11.1 Å². The molecule has 3 nitrogen and oxygen atoms in total. The van der Waals surface area contributed by atoms with E-state index in [0.717, 1.165) is 25.1 Å². The second kappa shape index (κ2) is 6.34. The molecule has 1 aromatic rings. The number of benzene rings is 1. The third-order valence-corrected chi connectivity index (χ3v) is 3.55. The minimum Gasteiger partial charge on any atom is -0.404 e. The van der Waals surface area contributed by atoms with Gasteiger partial charge in [-0.05, 0) is 36.3 Å². The fourth-order valence-electron chi connectivity index (χ4n) is 2.22. The van der Waals surface area contributed by atoms with E-state index < -0.39 is 0 Å². The van der Waals surface area contributed by atoms with Gasteiger partial charge < -0.3 is 11.1 Å². The summed E-state index contributed by atoms with van der Waals surface area (Å²) in [6.45, 7) is 4.47. The lowest BCUT2D eigenvalue weighted by atomic mass is 9.99. The highest BCUT2D eigenvalue weighted by molar-refractivity contribution is 5.98. The van der Waals surface area contributed by atoms with Crippen molar-refractivity contribution >= 4 is 11.3 Å². The molecule has 19 heavy (non-hydrogen) atoms. The molecule has 1 aliphatic heterocycles. The van der Waals surface area contributed by atoms with Gasteiger partial charge in [-0.25, -0.2) is 0 Å². The second-order valence-electron chi connectivity index (χ2n) is 4.91. The number of nitrogens with zero attached hydrogens (tertiary/aromatic N) is 1. The Hall–Kier alpha value is -1.87. The predicted octanol–water partition coefficient (Wildman–Crippen LogP) is 2.66. The first kappa shape index (κ1) is 13.6. The zero-order valence-corrected chi connectivity index (χ0v) is 11.4. The van der Waals surface area contributed by atoms with E-state index in [2.05, 4.69) is 35.2 Å². The van der Waals surface area contributed by atoms with Crippen LogP contribution in [0.25, 0.3) is 5.57 Å². The molecule has 0 saturated carbocycles. The Bertz CT molecular complexity index is 500. The lowest BCUT2D eigenvalue weighted by Crippen LogP contribution is -2.33. The highest BCUT2D eigenvalue weighted by Gasteiger charge is 2.14. The van der Waals surface area contributed by atoms with Crippen LogP contribution in [0.1, 0.15) is 18.9 Å². The molecule has 100 valence electrons. The topological polar surface area (TPSA) is 53.1 Å². The van der Waals surface area contributed by atoms with E-state index in [-0.39, 0.29) is 0 Å². The molecule has 2 rings (SSSR count). The minimum atomic E-state index is 0.610. The van der Waals surface area contributed by atoms with E-state index in [1.807, 2.05) is 13.0 Å². The van der Waals surface area contributed by atoms with Crippen LogP contribution in [-0.4, -0.2) is 30.2 Å². The minimum absolute atomic E-state index is 0.610. The smallest absolute Gasteiger partial charge is 0.0497 e. The summed E-state index contributed by atoms with van der Waals surface area (Å²) in [5.74, 6) is 0. The van der Waals surface area contributed by atoms with Gasteiger partial charge in [0.1, 0.15) is 0 Å². The zero-order chi connectivity index (χ0) is 13.7. The summed E-state index contributed by atoms with van der Waals surface area (Å²) >= 11 is 0. The lowest BCUT2D eigenvalue weighted by molar-refractivity contribution is 0.343. The number of rotatable bonds is 4. The molecule has 3 N–H and O–H groups in total. The third-order valence-electron chi connectivity index (χ3n) is 3.55. The lowest BCUT2D eigenvalue weighted by Gasteiger charge is -2.26. The van der Waals surface area contributed by atoms with Crippen molar-refractivity contribution in [2.75, 3.05) is 19.6 Å². The molecule has 0 aliphatic carbocycles. The van der Waals surface area contributed by atoms with Crippen molar-refractivity contribution in [3.63, 3.8) is 0 Å². The Morgan fingerprint density at radius 1 is 1.37 bits per heavy atom. The van der Waals surface area contributed by atoms with Crippen molar-refractivity contribution in [3.8, 4) is 0 Å². The van der Waals surface area contributed by atoms with Crippen molar-refractivity contribution in [3.05, 3.63) is 53.7 Å². The highest BCUT2D eigenvalue weighted by Crippen LogP contribution is 2.21. The summed E-state index contributed by atoms with van der Waals surface area (Å²) in [7, 11) is 0. The van der Waals surface area contributed by atoms with Gasteiger partial charge in [-0.3, -0.25) is 4.90 Å². The summed E-state index contributed by atoms with van der Waals surface area (Å²) in [5.41, 5.74) is 9.64. The SMILES string of the molecule is C/C(=C/N)C(=N)CN1CC=C(c2ccccc2)CC1. The van der Waals surface area contributed by atoms with E-state index in [1.165, 1.54) is 17.3 Å². The second-order valence-corrected chi connectivity index (χ2v) is 4.91. The summed E-state index contributed by atoms with van der Waals surface area (Å²) in [4.78, 5) is 2.28. The molecule has 0 bridgehead atoms. The van der Waals surface area contributed by atoms with Crippen molar-refractivity contribution < 1.29 is 0 Å². The van der Waals surface area contributed by atoms with Crippen molar-refractivity contribution in [2.24, 2.45) is 5.73 Å². The average Bonchev–Trinajstić information content (AvgIpc) is 2.48. The summed E-state index contributed by atoms with van der Waals surface area (Å²) in [6, 6.07) is 10.5. The third kappa shape index (κ3) is 3.55. The Labute approximate surface area is 114 Å². The molecule has 0 fully saturated rings. The quantitative estimate of drug-likeness (QED) is 0.813. The molecule has 1 heterocycles. The van der Waals surface area contributed by atoms with Crippen LogP contribution >= 0.6 is 0 Å². The molecular weight excluding hydrogens is 234 g/mol. The Morgan fingerprint density at radius 3 is 2.68 bits per heavy atom. The maximum Gasteiger partial charge on any atom is 0.0497 e. The summed E-state index contributed by atoms with van der Waals surface area (Å²) in [5, 5.41) is 7.93. The molecule has 0 unspecified atom stereocenters. The molecule has 0 radical (unpaired) electrons. The highest BCUT2D eigenvalue weighted by atomic mass is 15.1. The Morgan fingerprint density at radius 2 is 2.11 bits per heavy atom. The normalized spacial score (nSPS) is 17.1. The van der Waals surface area contributed by atoms with Gasteiger partial charge in [0.05, 0.1) is 0 Å². The molecular formula is C16H21N3. The largest absolute Gasteiger partial charge is 0.404 e. The monoisotopic (exact) mass is 255 g/mol. The summed E-state index contributed by atoms with van der Waals surface area (Å²) in [6.07, 6.45) is 4.83. The first-order chi connectivity index (χ1) is 9.20. The van der Waals surface area contributed by atoms with Gasteiger partial charge in [0, 0.05) is 25.3 Å². The number of nitrogens with one attached hydrogen (secondary N) is 1. The van der Waals surface area contributed by atoms with Crippen LogP contribution in [0.4, 0.5) is 0 Å². The van der Waals surface area contributed by atoms with Crippen LogP contribution in [0.15, 0.2) is 48.2 Å². The molecule has 0 spiro atoms. The van der Waals surface area contributed by atoms with Gasteiger partial charge in [-0.15, -0.1) is 0 Å². The molecule has 0 amide bonds. The van der Waals surface area contributed by atoms with Gasteiger partial charge in [-0.1, -0.05) is 36.4 Å². The van der Waals surface area contributed by atoms with Crippen LogP contribution in [0.3, 0.4) is 0 Å². The standard InChI is InChI=1S/C16H21N3/c1-13(11-17)16(18)12-19-9-7-15(8-10-19)14-5-3-2-4-6-14/h2-7,11,18H,8-10,12,17H2,1H3/b13-11-,18-16?. The van der Waals surface area contributed by atoms with Crippen LogP contribution in [0.5, 0.6) is 0 Å². The first-order valence-corrected chi connectivity index (χ1v) is 6.64. The van der Waals surface area contributed by atoms with Crippen LogP contribution in [0.2, 0.25) is 0 Å². The van der Waals surface area contributed by atoms with E-state index >= 15 is 0 Å². The first-order valence-electron chi connectivity index (χ1n) is 6.64. The zero-order valence-electron chi connectivity index (χ0n) is 11.4. The molecule has 0 atom stereocenters. The fraction of sp³-hybridized carbons (Fsp3) is 0.312. The molecule has 1 aliphatic rings. The van der Waals surface area contributed by atoms with Crippen molar-refractivity contribution in [1.29, 1.82) is 5.41 Å². The maximum atomic E-state index is 7.93. The van der Waals surface area contributed by atoms with Gasteiger partial charge in [0.25, 0.3) is 0 Å². The van der Waals surface area contributed by atoms with E-state index in [9.17, 15) is 0 Å². The van der Waals surface area contributed by atoms with Crippen LogP contribution in [-0.2, 0) is 0 Å². The number of hydrogen-bond donors (Lipinski definition) is 2. The fourth-order valence-corrected chi connectivity index (χ4v) is 2.22. The van der Waals surface area contributed by atoms with Gasteiger partial charge in [-0.2, -0.15) is 0 Å². The van der Waals surface area contributed by atoms with Crippen molar-refractivity contribution in [1.82, 2.24) is 4.90 Å². The Balaban J connectivity index is 1.95. The van der Waals surface area contributed by atoms with Gasteiger partial charge in [0.15, 0.2) is 0 Å². The van der Waals surface area contributed by atoms with Crippen LogP contribution < -0.4 is 5.73 Å². The van der Waals surface area contributed by atoms with Gasteiger partial charge in [0.2, 0.25) is 0 Å². The van der Waals surface area contributed by atoms with E-state index in [1.54, 1.807) is 0 Å². The van der Waals surface area contributed by atoms with Crippen molar-refractivity contribution in [2.45, 2.75) is 13.3 Å². The number of hydrogen-bond acceptors (Lipinski definition) is 3. The average molecular weight is 255 g/mol. The summed E-state index contributed by atoms with van der Waals surface area (Å²) < 4.78 is 0. The molecule has 0 aromatic heterocycles. The molecule has 0 saturated heterocycles.